The molecule has 1 aromatic heterocycles. The minimum atomic E-state index is -0.692. The van der Waals surface area contributed by atoms with E-state index >= 15 is 0 Å². The summed E-state index contributed by atoms with van der Waals surface area (Å²) in [5.74, 6) is -0.292. The Balaban J connectivity index is 1.81. The predicted molar refractivity (Wildman–Crippen MR) is 86.7 cm³/mol. The van der Waals surface area contributed by atoms with Crippen molar-refractivity contribution in [2.24, 2.45) is 5.73 Å². The van der Waals surface area contributed by atoms with Crippen LogP contribution in [0.4, 0.5) is 4.39 Å². The SMILES string of the molecule is COc1cc(F)c(CN2CCc3[c]nc(C(N)=O)nc3C2)cc1OC. The fraction of sp³-hybridized carbons (Fsp3) is 0.353. The van der Waals surface area contributed by atoms with Crippen LogP contribution in [0.25, 0.3) is 0 Å². The zero-order valence-electron chi connectivity index (χ0n) is 14.0. The average Bonchev–Trinajstić information content (AvgIpc) is 2.62. The zero-order valence-corrected chi connectivity index (χ0v) is 14.0. The molecular weight excluding hydrogens is 327 g/mol. The van der Waals surface area contributed by atoms with Crippen LogP contribution in [-0.4, -0.2) is 41.5 Å². The van der Waals surface area contributed by atoms with E-state index in [4.69, 9.17) is 15.2 Å². The minimum absolute atomic E-state index is 0.0575. The highest BCUT2D eigenvalue weighted by molar-refractivity contribution is 5.88. The maximum atomic E-state index is 14.3. The van der Waals surface area contributed by atoms with Gasteiger partial charge in [0, 0.05) is 36.8 Å². The lowest BCUT2D eigenvalue weighted by Gasteiger charge is -2.28. The number of hydrogen-bond donors (Lipinski definition) is 1. The van der Waals surface area contributed by atoms with Crippen molar-refractivity contribution in [3.8, 4) is 11.5 Å². The number of primary amides is 1. The predicted octanol–water partition coefficient (Wildman–Crippen LogP) is 1.09. The first kappa shape index (κ1) is 17.1. The fourth-order valence-corrected chi connectivity index (χ4v) is 2.80. The Labute approximate surface area is 144 Å². The van der Waals surface area contributed by atoms with E-state index in [1.54, 1.807) is 6.07 Å². The molecule has 2 heterocycles. The molecule has 0 fully saturated rings. The molecule has 1 aromatic carbocycles. The van der Waals surface area contributed by atoms with Crippen LogP contribution in [0.5, 0.6) is 11.5 Å². The van der Waals surface area contributed by atoms with Gasteiger partial charge in [-0.1, -0.05) is 0 Å². The van der Waals surface area contributed by atoms with E-state index in [0.717, 1.165) is 5.56 Å². The first-order valence-electron chi connectivity index (χ1n) is 7.71. The largest absolute Gasteiger partial charge is 0.493 e. The second kappa shape index (κ2) is 7.02. The average molecular weight is 345 g/mol. The quantitative estimate of drug-likeness (QED) is 0.872. The van der Waals surface area contributed by atoms with Crippen LogP contribution in [0.1, 0.15) is 27.4 Å². The van der Waals surface area contributed by atoms with Gasteiger partial charge in [0.25, 0.3) is 5.91 Å². The summed E-state index contributed by atoms with van der Waals surface area (Å²) in [5.41, 5.74) is 7.25. The lowest BCUT2D eigenvalue weighted by atomic mass is 10.1. The standard InChI is InChI=1S/C17H18FN4O3/c1-24-14-5-11(12(18)6-15(14)25-2)8-22-4-3-10-7-20-17(16(19)23)21-13(10)9-22/h5-6H,3-4,8-9H2,1-2H3,(H2,19,23). The zero-order chi connectivity index (χ0) is 18.0. The van der Waals surface area contributed by atoms with Gasteiger partial charge in [-0.25, -0.2) is 14.4 Å². The molecule has 0 bridgehead atoms. The molecular formula is C17H18FN4O3. The number of ether oxygens (including phenoxy) is 2. The van der Waals surface area contributed by atoms with E-state index in [-0.39, 0.29) is 11.6 Å². The number of methoxy groups -OCH3 is 2. The Morgan fingerprint density at radius 2 is 2.08 bits per heavy atom. The monoisotopic (exact) mass is 345 g/mol. The van der Waals surface area contributed by atoms with Gasteiger partial charge in [0.1, 0.15) is 5.82 Å². The van der Waals surface area contributed by atoms with Gasteiger partial charge in [-0.2, -0.15) is 0 Å². The van der Waals surface area contributed by atoms with E-state index in [1.165, 1.54) is 20.3 Å². The minimum Gasteiger partial charge on any atom is -0.493 e. The first-order chi connectivity index (χ1) is 12.0. The number of carbonyl (C=O) groups is 1. The van der Waals surface area contributed by atoms with E-state index in [2.05, 4.69) is 16.2 Å². The summed E-state index contributed by atoms with van der Waals surface area (Å²) in [6.07, 6.45) is 3.49. The van der Waals surface area contributed by atoms with E-state index in [0.29, 0.717) is 48.8 Å². The summed E-state index contributed by atoms with van der Waals surface area (Å²) in [4.78, 5) is 21.3. The summed E-state index contributed by atoms with van der Waals surface area (Å²) in [5, 5.41) is 0. The van der Waals surface area contributed by atoms with E-state index in [9.17, 15) is 9.18 Å². The molecule has 25 heavy (non-hydrogen) atoms. The second-order valence-corrected chi connectivity index (χ2v) is 5.71. The van der Waals surface area contributed by atoms with Crippen molar-refractivity contribution < 1.29 is 18.7 Å². The van der Waals surface area contributed by atoms with Crippen molar-refractivity contribution in [3.05, 3.63) is 46.8 Å². The Bertz CT molecular complexity index is 813. The molecule has 131 valence electrons. The number of halogens is 1. The van der Waals surface area contributed by atoms with Crippen LogP contribution in [0.15, 0.2) is 12.1 Å². The summed E-state index contributed by atoms with van der Waals surface area (Å²) < 4.78 is 24.7. The van der Waals surface area contributed by atoms with E-state index < -0.39 is 5.91 Å². The van der Waals surface area contributed by atoms with Crippen molar-refractivity contribution in [1.82, 2.24) is 14.9 Å². The molecule has 1 amide bonds. The van der Waals surface area contributed by atoms with Crippen molar-refractivity contribution >= 4 is 5.91 Å². The maximum Gasteiger partial charge on any atom is 0.286 e. The third-order valence-corrected chi connectivity index (χ3v) is 4.10. The molecule has 2 N–H and O–H groups in total. The lowest BCUT2D eigenvalue weighted by molar-refractivity contribution is 0.0989. The Morgan fingerprint density at radius 1 is 1.36 bits per heavy atom. The number of benzene rings is 1. The smallest absolute Gasteiger partial charge is 0.286 e. The topological polar surface area (TPSA) is 90.6 Å². The van der Waals surface area contributed by atoms with Crippen LogP contribution in [0.2, 0.25) is 0 Å². The summed E-state index contributed by atoms with van der Waals surface area (Å²) in [6, 6.07) is 2.94. The normalized spacial score (nSPS) is 14.0. The van der Waals surface area contributed by atoms with Crippen LogP contribution >= 0.6 is 0 Å². The van der Waals surface area contributed by atoms with Gasteiger partial charge in [-0.3, -0.25) is 9.69 Å². The Morgan fingerprint density at radius 3 is 2.76 bits per heavy atom. The fourth-order valence-electron chi connectivity index (χ4n) is 2.80. The molecule has 0 atom stereocenters. The lowest BCUT2D eigenvalue weighted by Crippen LogP contribution is -2.32. The van der Waals surface area contributed by atoms with Crippen molar-refractivity contribution in [1.29, 1.82) is 0 Å². The molecule has 0 saturated heterocycles. The Kier molecular flexibility index (Phi) is 4.80. The highest BCUT2D eigenvalue weighted by atomic mass is 19.1. The molecule has 3 rings (SSSR count). The summed E-state index contributed by atoms with van der Waals surface area (Å²) in [6.45, 7) is 1.54. The van der Waals surface area contributed by atoms with Gasteiger partial charge in [0.15, 0.2) is 11.5 Å². The number of nitrogens with zero attached hydrogens (tertiary/aromatic N) is 3. The van der Waals surface area contributed by atoms with E-state index in [1.807, 2.05) is 4.90 Å². The van der Waals surface area contributed by atoms with Crippen molar-refractivity contribution in [2.75, 3.05) is 20.8 Å². The number of carbonyl (C=O) groups excluding carboxylic acids is 1. The number of aromatic nitrogens is 2. The third-order valence-electron chi connectivity index (χ3n) is 4.10. The van der Waals surface area contributed by atoms with Gasteiger partial charge in [0.2, 0.25) is 5.82 Å². The van der Waals surface area contributed by atoms with Gasteiger partial charge in [0.05, 0.1) is 26.1 Å². The number of hydrogen-bond acceptors (Lipinski definition) is 6. The molecule has 0 spiro atoms. The van der Waals surface area contributed by atoms with Gasteiger partial charge >= 0.3 is 0 Å². The van der Waals surface area contributed by atoms with Crippen LogP contribution in [-0.2, 0) is 19.5 Å². The molecule has 7 nitrogen and oxygen atoms in total. The van der Waals surface area contributed by atoms with Crippen LogP contribution in [0.3, 0.4) is 0 Å². The van der Waals surface area contributed by atoms with Crippen LogP contribution < -0.4 is 15.2 Å². The molecule has 0 unspecified atom stereocenters. The maximum absolute atomic E-state index is 14.3. The van der Waals surface area contributed by atoms with Gasteiger partial charge in [-0.05, 0) is 12.5 Å². The number of nitrogens with two attached hydrogens (primary N) is 1. The highest BCUT2D eigenvalue weighted by Gasteiger charge is 2.22. The number of amides is 1. The summed E-state index contributed by atoms with van der Waals surface area (Å²) >= 11 is 0. The molecule has 0 saturated carbocycles. The molecule has 8 heteroatoms. The number of fused-ring (bicyclic) bond motifs is 1. The van der Waals surface area contributed by atoms with Crippen LogP contribution in [0, 0.1) is 12.0 Å². The highest BCUT2D eigenvalue weighted by Crippen LogP contribution is 2.31. The molecule has 0 aliphatic carbocycles. The first-order valence-corrected chi connectivity index (χ1v) is 7.71. The second-order valence-electron chi connectivity index (χ2n) is 5.71. The Hall–Kier alpha value is -2.74. The summed E-state index contributed by atoms with van der Waals surface area (Å²) in [7, 11) is 2.97. The molecule has 1 aliphatic rings. The van der Waals surface area contributed by atoms with Gasteiger partial charge in [-0.15, -0.1) is 0 Å². The molecule has 2 aromatic rings. The molecule has 1 radical (unpaired) electrons. The number of rotatable bonds is 5. The van der Waals surface area contributed by atoms with Crippen molar-refractivity contribution in [3.63, 3.8) is 0 Å². The van der Waals surface area contributed by atoms with Gasteiger partial charge < -0.3 is 15.2 Å². The van der Waals surface area contributed by atoms with Crippen molar-refractivity contribution in [2.45, 2.75) is 19.5 Å². The third kappa shape index (κ3) is 3.53. The molecule has 1 aliphatic heterocycles.